The molecular weight excluding hydrogens is 128 g/mol. The normalized spacial score (nSPS) is 10.2. The van der Waals surface area contributed by atoms with E-state index in [4.69, 9.17) is 10.3 Å². The summed E-state index contributed by atoms with van der Waals surface area (Å²) in [6.07, 6.45) is 1.77. The van der Waals surface area contributed by atoms with E-state index in [9.17, 15) is 0 Å². The largest absolute Gasteiger partial charge is 0.381 e. The zero-order chi connectivity index (χ0) is 7.56. The molecule has 0 unspecified atom stereocenters. The summed E-state index contributed by atoms with van der Waals surface area (Å²) >= 11 is 0. The van der Waals surface area contributed by atoms with Crippen LogP contribution in [0.1, 0.15) is 25.2 Å². The first-order chi connectivity index (χ1) is 4.79. The van der Waals surface area contributed by atoms with Crippen molar-refractivity contribution >= 4 is 5.82 Å². The van der Waals surface area contributed by atoms with E-state index in [1.165, 1.54) is 0 Å². The number of aryl methyl sites for hydroxylation is 1. The van der Waals surface area contributed by atoms with Crippen molar-refractivity contribution in [3.05, 3.63) is 11.3 Å². The molecule has 0 spiro atoms. The van der Waals surface area contributed by atoms with Gasteiger partial charge in [-0.1, -0.05) is 19.0 Å². The molecule has 3 heteroatoms. The predicted octanol–water partition coefficient (Wildman–Crippen LogP) is 1.38. The van der Waals surface area contributed by atoms with E-state index in [1.54, 1.807) is 0 Å². The molecule has 56 valence electrons. The van der Waals surface area contributed by atoms with Gasteiger partial charge in [-0.15, -0.1) is 0 Å². The summed E-state index contributed by atoms with van der Waals surface area (Å²) in [6.45, 7) is 4.07. The van der Waals surface area contributed by atoms with Gasteiger partial charge >= 0.3 is 0 Å². The fourth-order valence-electron chi connectivity index (χ4n) is 1.01. The average molecular weight is 140 g/mol. The van der Waals surface area contributed by atoms with Gasteiger partial charge < -0.3 is 10.3 Å². The molecule has 0 atom stereocenters. The SMILES string of the molecule is CCc1onc(N)c1CC. The Hall–Kier alpha value is -0.990. The van der Waals surface area contributed by atoms with E-state index in [2.05, 4.69) is 5.16 Å². The summed E-state index contributed by atoms with van der Waals surface area (Å²) in [6, 6.07) is 0. The maximum atomic E-state index is 5.52. The minimum atomic E-state index is 0.541. The first-order valence-corrected chi connectivity index (χ1v) is 3.52. The molecule has 1 aromatic heterocycles. The van der Waals surface area contributed by atoms with E-state index in [0.717, 1.165) is 24.2 Å². The van der Waals surface area contributed by atoms with Gasteiger partial charge in [0, 0.05) is 12.0 Å². The van der Waals surface area contributed by atoms with Gasteiger partial charge in [-0.3, -0.25) is 0 Å². The Morgan fingerprint density at radius 2 is 2.10 bits per heavy atom. The fourth-order valence-corrected chi connectivity index (χ4v) is 1.01. The summed E-state index contributed by atoms with van der Waals surface area (Å²) in [5.74, 6) is 1.46. The van der Waals surface area contributed by atoms with E-state index >= 15 is 0 Å². The third kappa shape index (κ3) is 0.988. The monoisotopic (exact) mass is 140 g/mol. The van der Waals surface area contributed by atoms with Crippen LogP contribution in [-0.2, 0) is 12.8 Å². The van der Waals surface area contributed by atoms with Gasteiger partial charge in [0.25, 0.3) is 0 Å². The summed E-state index contributed by atoms with van der Waals surface area (Å²) in [4.78, 5) is 0. The molecule has 0 bridgehead atoms. The van der Waals surface area contributed by atoms with Crippen molar-refractivity contribution in [3.63, 3.8) is 0 Å². The molecule has 0 aliphatic heterocycles. The lowest BCUT2D eigenvalue weighted by Gasteiger charge is -1.91. The Balaban J connectivity index is 3.01. The van der Waals surface area contributed by atoms with E-state index in [1.807, 2.05) is 13.8 Å². The summed E-state index contributed by atoms with van der Waals surface area (Å²) in [5, 5.41) is 3.66. The zero-order valence-electron chi connectivity index (χ0n) is 6.35. The summed E-state index contributed by atoms with van der Waals surface area (Å²) in [5.41, 5.74) is 6.58. The number of nitrogens with two attached hydrogens (primary N) is 1. The van der Waals surface area contributed by atoms with Gasteiger partial charge in [-0.05, 0) is 6.42 Å². The van der Waals surface area contributed by atoms with Crippen LogP contribution in [0.2, 0.25) is 0 Å². The van der Waals surface area contributed by atoms with Crippen molar-refractivity contribution in [1.29, 1.82) is 0 Å². The average Bonchev–Trinajstić information content (AvgIpc) is 2.30. The second-order valence-electron chi connectivity index (χ2n) is 2.18. The fraction of sp³-hybridized carbons (Fsp3) is 0.571. The van der Waals surface area contributed by atoms with Crippen LogP contribution in [0.3, 0.4) is 0 Å². The van der Waals surface area contributed by atoms with E-state index in [0.29, 0.717) is 5.82 Å². The van der Waals surface area contributed by atoms with Gasteiger partial charge in [-0.2, -0.15) is 0 Å². The number of anilines is 1. The lowest BCUT2D eigenvalue weighted by molar-refractivity contribution is 0.388. The molecule has 0 aromatic carbocycles. The lowest BCUT2D eigenvalue weighted by Crippen LogP contribution is -1.91. The molecule has 0 aliphatic rings. The van der Waals surface area contributed by atoms with E-state index < -0.39 is 0 Å². The number of nitrogens with zero attached hydrogens (tertiary/aromatic N) is 1. The van der Waals surface area contributed by atoms with Crippen molar-refractivity contribution in [3.8, 4) is 0 Å². The van der Waals surface area contributed by atoms with Crippen LogP contribution in [0.15, 0.2) is 4.52 Å². The van der Waals surface area contributed by atoms with Crippen molar-refractivity contribution in [1.82, 2.24) is 5.16 Å². The number of hydrogen-bond donors (Lipinski definition) is 1. The Morgan fingerprint density at radius 1 is 1.40 bits per heavy atom. The molecule has 0 saturated carbocycles. The molecule has 0 saturated heterocycles. The molecule has 3 nitrogen and oxygen atoms in total. The molecule has 0 aliphatic carbocycles. The van der Waals surface area contributed by atoms with Crippen LogP contribution in [-0.4, -0.2) is 5.16 Å². The van der Waals surface area contributed by atoms with Crippen molar-refractivity contribution < 1.29 is 4.52 Å². The van der Waals surface area contributed by atoms with Crippen LogP contribution in [0.4, 0.5) is 5.82 Å². The lowest BCUT2D eigenvalue weighted by atomic mass is 10.1. The molecule has 0 radical (unpaired) electrons. The minimum Gasteiger partial charge on any atom is -0.381 e. The molecule has 1 heterocycles. The van der Waals surface area contributed by atoms with Crippen LogP contribution in [0, 0.1) is 0 Å². The van der Waals surface area contributed by atoms with Crippen LogP contribution in [0.5, 0.6) is 0 Å². The highest BCUT2D eigenvalue weighted by molar-refractivity contribution is 5.40. The Morgan fingerprint density at radius 3 is 2.50 bits per heavy atom. The number of nitrogen functional groups attached to an aromatic ring is 1. The standard InChI is InChI=1S/C7H12N2O/c1-3-5-6(4-2)10-9-7(5)8/h3-4H2,1-2H3,(H2,8,9). The zero-order valence-corrected chi connectivity index (χ0v) is 6.35. The molecule has 2 N–H and O–H groups in total. The van der Waals surface area contributed by atoms with Crippen molar-refractivity contribution in [2.45, 2.75) is 26.7 Å². The molecule has 1 rings (SSSR count). The smallest absolute Gasteiger partial charge is 0.170 e. The van der Waals surface area contributed by atoms with Crippen molar-refractivity contribution in [2.24, 2.45) is 0 Å². The summed E-state index contributed by atoms with van der Waals surface area (Å²) in [7, 11) is 0. The molecule has 0 amide bonds. The highest BCUT2D eigenvalue weighted by atomic mass is 16.5. The first-order valence-electron chi connectivity index (χ1n) is 3.52. The first kappa shape index (κ1) is 7.12. The van der Waals surface area contributed by atoms with Crippen molar-refractivity contribution in [2.75, 3.05) is 5.73 Å². The summed E-state index contributed by atoms with van der Waals surface area (Å²) < 4.78 is 4.96. The quantitative estimate of drug-likeness (QED) is 0.675. The second kappa shape index (κ2) is 2.73. The Labute approximate surface area is 60.2 Å². The Bertz CT molecular complexity index is 217. The van der Waals surface area contributed by atoms with Gasteiger partial charge in [0.1, 0.15) is 5.76 Å². The number of rotatable bonds is 2. The molecule has 1 aromatic rings. The van der Waals surface area contributed by atoms with Gasteiger partial charge in [-0.25, -0.2) is 0 Å². The van der Waals surface area contributed by atoms with E-state index in [-0.39, 0.29) is 0 Å². The maximum Gasteiger partial charge on any atom is 0.170 e. The van der Waals surface area contributed by atoms with Gasteiger partial charge in [0.2, 0.25) is 0 Å². The Kier molecular flexibility index (Phi) is 1.94. The van der Waals surface area contributed by atoms with Crippen LogP contribution in [0.25, 0.3) is 0 Å². The minimum absolute atomic E-state index is 0.541. The molecular formula is C7H12N2O. The third-order valence-corrected chi connectivity index (χ3v) is 1.57. The van der Waals surface area contributed by atoms with Gasteiger partial charge in [0.15, 0.2) is 5.82 Å². The number of hydrogen-bond acceptors (Lipinski definition) is 3. The van der Waals surface area contributed by atoms with Crippen LogP contribution >= 0.6 is 0 Å². The molecule has 10 heavy (non-hydrogen) atoms. The van der Waals surface area contributed by atoms with Gasteiger partial charge in [0.05, 0.1) is 0 Å². The maximum absolute atomic E-state index is 5.52. The second-order valence-corrected chi connectivity index (χ2v) is 2.18. The highest BCUT2D eigenvalue weighted by Crippen LogP contribution is 2.16. The third-order valence-electron chi connectivity index (χ3n) is 1.57. The predicted molar refractivity (Wildman–Crippen MR) is 39.7 cm³/mol. The molecule has 0 fully saturated rings. The number of aromatic nitrogens is 1. The van der Waals surface area contributed by atoms with Crippen LogP contribution < -0.4 is 5.73 Å². The topological polar surface area (TPSA) is 52.0 Å². The highest BCUT2D eigenvalue weighted by Gasteiger charge is 2.08.